The lowest BCUT2D eigenvalue weighted by Crippen LogP contribution is -2.18. The zero-order valence-corrected chi connectivity index (χ0v) is 13.6. The molecule has 0 aliphatic heterocycles. The summed E-state index contributed by atoms with van der Waals surface area (Å²) in [6.45, 7) is 1.08. The van der Waals surface area contributed by atoms with Crippen molar-refractivity contribution in [1.29, 1.82) is 0 Å². The molecule has 1 aromatic carbocycles. The van der Waals surface area contributed by atoms with Crippen LogP contribution in [0.3, 0.4) is 0 Å². The highest BCUT2D eigenvalue weighted by Crippen LogP contribution is 2.37. The largest absolute Gasteiger partial charge is 0.435 e. The van der Waals surface area contributed by atoms with Crippen LogP contribution in [0.15, 0.2) is 18.3 Å². The molecule has 0 amide bonds. The lowest BCUT2D eigenvalue weighted by Gasteiger charge is -2.11. The summed E-state index contributed by atoms with van der Waals surface area (Å²) in [5.74, 6) is -1.76. The molecule has 0 aliphatic rings. The fourth-order valence-electron chi connectivity index (χ4n) is 1.71. The number of nitrogens with zero attached hydrogens (tertiary/aromatic N) is 3. The van der Waals surface area contributed by atoms with Gasteiger partial charge in [0.1, 0.15) is 0 Å². The van der Waals surface area contributed by atoms with Gasteiger partial charge in [0, 0.05) is 12.1 Å². The average Bonchev–Trinajstić information content (AvgIpc) is 2.49. The second-order valence-electron chi connectivity index (χ2n) is 4.57. The molecule has 0 fully saturated rings. The van der Waals surface area contributed by atoms with Crippen LogP contribution in [-0.2, 0) is 6.18 Å². The third kappa shape index (κ3) is 4.15. The molecule has 0 radical (unpaired) electrons. The summed E-state index contributed by atoms with van der Waals surface area (Å²) in [5, 5.41) is 9.94. The van der Waals surface area contributed by atoms with E-state index in [-0.39, 0.29) is 10.0 Å². The number of aryl methyl sites for hydroxylation is 1. The van der Waals surface area contributed by atoms with E-state index in [0.717, 1.165) is 25.3 Å². The molecule has 1 aromatic heterocycles. The molecular weight excluding hydrogens is 390 g/mol. The van der Waals surface area contributed by atoms with Crippen molar-refractivity contribution in [1.82, 2.24) is 9.97 Å². The van der Waals surface area contributed by atoms with Gasteiger partial charge in [-0.15, -0.1) is 0 Å². The Hall–Kier alpha value is -2.46. The first kappa shape index (κ1) is 18.9. The zero-order valence-electron chi connectivity index (χ0n) is 12.1. The van der Waals surface area contributed by atoms with Crippen LogP contribution in [0.4, 0.5) is 18.9 Å². The lowest BCUT2D eigenvalue weighted by molar-refractivity contribution is -0.384. The first-order valence-corrected chi connectivity index (χ1v) is 7.02. The Kier molecular flexibility index (Phi) is 5.14. The molecule has 0 unspecified atom stereocenters. The number of hydrogen-bond acceptors (Lipinski definition) is 6. The van der Waals surface area contributed by atoms with Crippen LogP contribution in [0.2, 0.25) is 10.0 Å². The molecule has 0 bridgehead atoms. The van der Waals surface area contributed by atoms with Gasteiger partial charge in [-0.1, -0.05) is 23.2 Å². The molecule has 0 spiro atoms. The van der Waals surface area contributed by atoms with Gasteiger partial charge in [-0.25, -0.2) is 9.78 Å². The van der Waals surface area contributed by atoms with Gasteiger partial charge in [0.2, 0.25) is 0 Å². The van der Waals surface area contributed by atoms with Gasteiger partial charge in [0.05, 0.1) is 26.9 Å². The molecule has 0 N–H and O–H groups in total. The van der Waals surface area contributed by atoms with E-state index in [4.69, 9.17) is 27.9 Å². The Bertz CT molecular complexity index is 851. The summed E-state index contributed by atoms with van der Waals surface area (Å²) < 4.78 is 43.2. The maximum Gasteiger partial charge on any atom is 0.435 e. The van der Waals surface area contributed by atoms with E-state index in [2.05, 4.69) is 9.97 Å². The molecular formula is C13H6Cl2F3N3O4. The predicted octanol–water partition coefficient (Wildman–Crippen LogP) is 4.24. The quantitative estimate of drug-likeness (QED) is 0.333. The number of halogens is 5. The topological polar surface area (TPSA) is 95.2 Å². The van der Waals surface area contributed by atoms with Crippen molar-refractivity contribution in [2.75, 3.05) is 0 Å². The van der Waals surface area contributed by atoms with Crippen molar-refractivity contribution in [3.8, 4) is 5.75 Å². The summed E-state index contributed by atoms with van der Waals surface area (Å²) in [6, 6.07) is 1.75. The van der Waals surface area contributed by atoms with Gasteiger partial charge in [0.25, 0.3) is 5.69 Å². The van der Waals surface area contributed by atoms with E-state index in [0.29, 0.717) is 0 Å². The van der Waals surface area contributed by atoms with E-state index in [1.807, 2.05) is 0 Å². The van der Waals surface area contributed by atoms with E-state index >= 15 is 0 Å². The van der Waals surface area contributed by atoms with Crippen molar-refractivity contribution >= 4 is 34.9 Å². The van der Waals surface area contributed by atoms with Crippen molar-refractivity contribution in [3.05, 3.63) is 55.6 Å². The third-order valence-corrected chi connectivity index (χ3v) is 3.38. The first-order chi connectivity index (χ1) is 11.5. The third-order valence-electron chi connectivity index (χ3n) is 2.82. The average molecular weight is 396 g/mol. The zero-order chi connectivity index (χ0) is 18.9. The van der Waals surface area contributed by atoms with Crippen molar-refractivity contribution in [3.63, 3.8) is 0 Å². The van der Waals surface area contributed by atoms with Crippen LogP contribution in [-0.4, -0.2) is 20.9 Å². The highest BCUT2D eigenvalue weighted by molar-refractivity contribution is 6.37. The van der Waals surface area contributed by atoms with Crippen LogP contribution in [0.25, 0.3) is 0 Å². The molecule has 132 valence electrons. The Morgan fingerprint density at radius 3 is 2.32 bits per heavy atom. The van der Waals surface area contributed by atoms with E-state index in [1.165, 1.54) is 0 Å². The molecule has 2 rings (SSSR count). The fourth-order valence-corrected chi connectivity index (χ4v) is 2.26. The number of hydrogen-bond donors (Lipinski definition) is 0. The van der Waals surface area contributed by atoms with Crippen LogP contribution in [0, 0.1) is 17.0 Å². The number of carbonyl (C=O) groups is 1. The second kappa shape index (κ2) is 6.81. The van der Waals surface area contributed by atoms with Gasteiger partial charge in [-0.3, -0.25) is 15.1 Å². The molecule has 25 heavy (non-hydrogen) atoms. The number of benzene rings is 1. The normalized spacial score (nSPS) is 11.3. The Balaban J connectivity index is 2.37. The minimum Gasteiger partial charge on any atom is -0.419 e. The van der Waals surface area contributed by atoms with Gasteiger partial charge < -0.3 is 4.74 Å². The standard InChI is InChI=1S/C13H6Cl2F3N3O4/c1-5-11(13(16,17)18)20-9(4-19-5)12(22)25-10-7(14)2-6(21(23)24)3-8(10)15/h2-4H,1H3. The van der Waals surface area contributed by atoms with Crippen molar-refractivity contribution < 1.29 is 27.6 Å². The van der Waals surface area contributed by atoms with Gasteiger partial charge in [0.15, 0.2) is 17.1 Å². The summed E-state index contributed by atoms with van der Waals surface area (Å²) in [4.78, 5) is 28.5. The highest BCUT2D eigenvalue weighted by Gasteiger charge is 2.36. The number of alkyl halides is 3. The SMILES string of the molecule is Cc1ncc(C(=O)Oc2c(Cl)cc([N+](=O)[O-])cc2Cl)nc1C(F)(F)F. The number of carbonyl (C=O) groups excluding carboxylic acids is 1. The number of nitro benzene ring substituents is 1. The molecule has 2 aromatic rings. The lowest BCUT2D eigenvalue weighted by atomic mass is 10.3. The Morgan fingerprint density at radius 2 is 1.84 bits per heavy atom. The highest BCUT2D eigenvalue weighted by atomic mass is 35.5. The van der Waals surface area contributed by atoms with Crippen LogP contribution in [0.1, 0.15) is 21.9 Å². The molecule has 1 heterocycles. The fraction of sp³-hybridized carbons (Fsp3) is 0.154. The molecule has 0 aliphatic carbocycles. The number of nitro groups is 1. The number of esters is 1. The molecule has 0 saturated carbocycles. The Labute approximate surface area is 147 Å². The van der Waals surface area contributed by atoms with Gasteiger partial charge >= 0.3 is 12.1 Å². The Morgan fingerprint density at radius 1 is 1.28 bits per heavy atom. The van der Waals surface area contributed by atoms with E-state index in [1.54, 1.807) is 0 Å². The summed E-state index contributed by atoms with van der Waals surface area (Å²) in [6.07, 6.45) is -4.02. The van der Waals surface area contributed by atoms with Gasteiger partial charge in [-0.2, -0.15) is 13.2 Å². The minimum absolute atomic E-state index is 0.372. The van der Waals surface area contributed by atoms with E-state index in [9.17, 15) is 28.1 Å². The molecule has 0 atom stereocenters. The summed E-state index contributed by atoms with van der Waals surface area (Å²) >= 11 is 11.5. The summed E-state index contributed by atoms with van der Waals surface area (Å²) in [5.41, 5.74) is -2.95. The van der Waals surface area contributed by atoms with Crippen LogP contribution < -0.4 is 4.74 Å². The number of rotatable bonds is 3. The van der Waals surface area contributed by atoms with Crippen molar-refractivity contribution in [2.24, 2.45) is 0 Å². The molecule has 0 saturated heterocycles. The summed E-state index contributed by atoms with van der Waals surface area (Å²) in [7, 11) is 0. The maximum atomic E-state index is 12.8. The number of aromatic nitrogens is 2. The monoisotopic (exact) mass is 395 g/mol. The molecule has 7 nitrogen and oxygen atoms in total. The van der Waals surface area contributed by atoms with E-state index < -0.39 is 45.6 Å². The minimum atomic E-state index is -4.81. The first-order valence-electron chi connectivity index (χ1n) is 6.27. The smallest absolute Gasteiger partial charge is 0.419 e. The van der Waals surface area contributed by atoms with Crippen LogP contribution in [0.5, 0.6) is 5.75 Å². The maximum absolute atomic E-state index is 12.8. The predicted molar refractivity (Wildman–Crippen MR) is 79.8 cm³/mol. The second-order valence-corrected chi connectivity index (χ2v) is 5.39. The van der Waals surface area contributed by atoms with Crippen LogP contribution >= 0.6 is 23.2 Å². The van der Waals surface area contributed by atoms with Crippen molar-refractivity contribution in [2.45, 2.75) is 13.1 Å². The number of ether oxygens (including phenoxy) is 1. The molecule has 12 heteroatoms. The van der Waals surface area contributed by atoms with Gasteiger partial charge in [-0.05, 0) is 6.92 Å². The number of non-ortho nitro benzene ring substituents is 1.